The van der Waals surface area contributed by atoms with Crippen molar-refractivity contribution in [3.63, 3.8) is 0 Å². The molecule has 5 rings (SSSR count). The second kappa shape index (κ2) is 6.35. The highest BCUT2D eigenvalue weighted by atomic mass is 16.5. The maximum Gasteiger partial charge on any atom is 0.219 e. The Morgan fingerprint density at radius 2 is 1.82 bits per heavy atom. The highest BCUT2D eigenvalue weighted by Gasteiger charge is 2.33. The standard InChI is InChI=1S/C18H23N9O/c1-18(2)16-23-12-14(26-5-7-28-8-6-26)24-13(11-9-20-17(19)21-10-11)25-15(12)27(16)4-3-22-18/h9-10,22H,3-8H2,1-2H3,(H2,19,20,21). The molecule has 5 heterocycles. The fraction of sp³-hybridized carbons (Fsp3) is 0.500. The Morgan fingerprint density at radius 3 is 2.57 bits per heavy atom. The van der Waals surface area contributed by atoms with Gasteiger partial charge in [-0.1, -0.05) is 0 Å². The van der Waals surface area contributed by atoms with Gasteiger partial charge in [0.15, 0.2) is 22.8 Å². The van der Waals surface area contributed by atoms with Crippen LogP contribution in [-0.4, -0.2) is 62.3 Å². The number of fused-ring (bicyclic) bond motifs is 3. The number of nitrogens with zero attached hydrogens (tertiary/aromatic N) is 7. The topological polar surface area (TPSA) is 120 Å². The zero-order valence-electron chi connectivity index (χ0n) is 16.0. The average Bonchev–Trinajstić information content (AvgIpc) is 3.09. The zero-order chi connectivity index (χ0) is 19.3. The highest BCUT2D eigenvalue weighted by molar-refractivity contribution is 5.86. The van der Waals surface area contributed by atoms with Crippen molar-refractivity contribution in [2.75, 3.05) is 43.5 Å². The van der Waals surface area contributed by atoms with E-state index in [0.717, 1.165) is 54.5 Å². The first-order chi connectivity index (χ1) is 13.5. The van der Waals surface area contributed by atoms with Crippen molar-refractivity contribution in [2.24, 2.45) is 0 Å². The minimum absolute atomic E-state index is 0.229. The summed E-state index contributed by atoms with van der Waals surface area (Å²) in [5.74, 6) is 2.61. The van der Waals surface area contributed by atoms with E-state index in [1.165, 1.54) is 0 Å². The first kappa shape index (κ1) is 17.3. The van der Waals surface area contributed by atoms with Crippen molar-refractivity contribution in [2.45, 2.75) is 25.9 Å². The summed E-state index contributed by atoms with van der Waals surface area (Å²) < 4.78 is 7.71. The molecule has 10 heteroatoms. The van der Waals surface area contributed by atoms with Crippen LogP contribution >= 0.6 is 0 Å². The summed E-state index contributed by atoms with van der Waals surface area (Å²) in [6.07, 6.45) is 3.32. The first-order valence-electron chi connectivity index (χ1n) is 9.47. The molecule has 1 fully saturated rings. The Bertz CT molecular complexity index is 1020. The molecule has 2 aliphatic heterocycles. The largest absolute Gasteiger partial charge is 0.378 e. The molecule has 1 saturated heterocycles. The van der Waals surface area contributed by atoms with Crippen LogP contribution in [0.2, 0.25) is 0 Å². The number of hydrogen-bond donors (Lipinski definition) is 2. The van der Waals surface area contributed by atoms with Gasteiger partial charge in [-0.05, 0) is 13.8 Å². The van der Waals surface area contributed by atoms with E-state index in [2.05, 4.69) is 38.6 Å². The SMILES string of the molecule is CC1(C)NCCn2c1nc1c(N3CCOCC3)nc(-c3cnc(N)nc3)nc12. The number of nitrogens with one attached hydrogen (secondary N) is 1. The normalized spacial score (nSPS) is 19.0. The number of imidazole rings is 1. The fourth-order valence-electron chi connectivity index (χ4n) is 3.81. The Kier molecular flexibility index (Phi) is 3.91. The minimum Gasteiger partial charge on any atom is -0.378 e. The quantitative estimate of drug-likeness (QED) is 0.655. The van der Waals surface area contributed by atoms with Gasteiger partial charge < -0.3 is 25.3 Å². The van der Waals surface area contributed by atoms with E-state index in [0.29, 0.717) is 19.0 Å². The van der Waals surface area contributed by atoms with E-state index >= 15 is 0 Å². The van der Waals surface area contributed by atoms with Gasteiger partial charge in [-0.3, -0.25) is 0 Å². The van der Waals surface area contributed by atoms with E-state index in [1.54, 1.807) is 12.4 Å². The second-order valence-electron chi connectivity index (χ2n) is 7.61. The third-order valence-corrected chi connectivity index (χ3v) is 5.28. The van der Waals surface area contributed by atoms with Gasteiger partial charge in [0.25, 0.3) is 0 Å². The van der Waals surface area contributed by atoms with Crippen molar-refractivity contribution < 1.29 is 4.74 Å². The van der Waals surface area contributed by atoms with Gasteiger partial charge >= 0.3 is 0 Å². The zero-order valence-corrected chi connectivity index (χ0v) is 16.0. The van der Waals surface area contributed by atoms with Gasteiger partial charge in [-0.15, -0.1) is 0 Å². The number of morpholine rings is 1. The van der Waals surface area contributed by atoms with Crippen LogP contribution in [0.4, 0.5) is 11.8 Å². The number of anilines is 2. The predicted octanol–water partition coefficient (Wildman–Crippen LogP) is 0.540. The fourth-order valence-corrected chi connectivity index (χ4v) is 3.81. The minimum atomic E-state index is -0.230. The molecular formula is C18H23N9O. The average molecular weight is 381 g/mol. The van der Waals surface area contributed by atoms with Crippen LogP contribution in [0.15, 0.2) is 12.4 Å². The summed E-state index contributed by atoms with van der Waals surface area (Å²) in [6.45, 7) is 8.84. The van der Waals surface area contributed by atoms with Crippen molar-refractivity contribution in [1.29, 1.82) is 0 Å². The van der Waals surface area contributed by atoms with Crippen LogP contribution in [-0.2, 0) is 16.8 Å². The number of rotatable bonds is 2. The Hall–Kier alpha value is -2.85. The number of nitrogen functional groups attached to an aromatic ring is 1. The van der Waals surface area contributed by atoms with Crippen LogP contribution in [0.3, 0.4) is 0 Å². The summed E-state index contributed by atoms with van der Waals surface area (Å²) in [4.78, 5) is 25.1. The van der Waals surface area contributed by atoms with Crippen molar-refractivity contribution in [1.82, 2.24) is 34.8 Å². The first-order valence-corrected chi connectivity index (χ1v) is 9.47. The molecular weight excluding hydrogens is 358 g/mol. The Labute approximate surface area is 162 Å². The molecule has 0 atom stereocenters. The van der Waals surface area contributed by atoms with Crippen molar-refractivity contribution in [3.05, 3.63) is 18.2 Å². The lowest BCUT2D eigenvalue weighted by molar-refractivity contribution is 0.122. The van der Waals surface area contributed by atoms with Crippen LogP contribution in [0.1, 0.15) is 19.7 Å². The van der Waals surface area contributed by atoms with Crippen LogP contribution in [0.5, 0.6) is 0 Å². The highest BCUT2D eigenvalue weighted by Crippen LogP contribution is 2.32. The van der Waals surface area contributed by atoms with E-state index in [9.17, 15) is 0 Å². The third kappa shape index (κ3) is 2.76. The predicted molar refractivity (Wildman–Crippen MR) is 105 cm³/mol. The van der Waals surface area contributed by atoms with Crippen LogP contribution < -0.4 is 16.0 Å². The smallest absolute Gasteiger partial charge is 0.219 e. The van der Waals surface area contributed by atoms with Crippen molar-refractivity contribution in [3.8, 4) is 11.4 Å². The molecule has 146 valence electrons. The summed E-state index contributed by atoms with van der Waals surface area (Å²) >= 11 is 0. The third-order valence-electron chi connectivity index (χ3n) is 5.28. The van der Waals surface area contributed by atoms with E-state index < -0.39 is 0 Å². The Morgan fingerprint density at radius 1 is 1.07 bits per heavy atom. The molecule has 0 aliphatic carbocycles. The molecule has 0 bridgehead atoms. The molecule has 10 nitrogen and oxygen atoms in total. The monoisotopic (exact) mass is 381 g/mol. The van der Waals surface area contributed by atoms with E-state index in [1.807, 2.05) is 0 Å². The molecule has 3 aromatic rings. The van der Waals surface area contributed by atoms with E-state index in [4.69, 9.17) is 25.4 Å². The number of ether oxygens (including phenoxy) is 1. The van der Waals surface area contributed by atoms with Gasteiger partial charge in [0.05, 0.1) is 24.3 Å². The molecule has 3 aromatic heterocycles. The van der Waals surface area contributed by atoms with E-state index in [-0.39, 0.29) is 11.5 Å². The molecule has 3 N–H and O–H groups in total. The van der Waals surface area contributed by atoms with Gasteiger partial charge in [0, 0.05) is 38.6 Å². The van der Waals surface area contributed by atoms with Gasteiger partial charge in [0.1, 0.15) is 5.82 Å². The number of aromatic nitrogens is 6. The second-order valence-corrected chi connectivity index (χ2v) is 7.61. The van der Waals surface area contributed by atoms with Crippen LogP contribution in [0.25, 0.3) is 22.6 Å². The lowest BCUT2D eigenvalue weighted by Crippen LogP contribution is -2.45. The summed E-state index contributed by atoms with van der Waals surface area (Å²) in [6, 6.07) is 0. The lowest BCUT2D eigenvalue weighted by Gasteiger charge is -2.31. The van der Waals surface area contributed by atoms with Gasteiger partial charge in [-0.25, -0.2) is 24.9 Å². The lowest BCUT2D eigenvalue weighted by atomic mass is 10.0. The molecule has 0 radical (unpaired) electrons. The molecule has 0 unspecified atom stereocenters. The summed E-state index contributed by atoms with van der Waals surface area (Å²) in [5.41, 5.74) is 7.81. The molecule has 0 spiro atoms. The summed E-state index contributed by atoms with van der Waals surface area (Å²) in [5, 5.41) is 3.53. The molecule has 0 saturated carbocycles. The maximum atomic E-state index is 5.64. The Balaban J connectivity index is 1.75. The summed E-state index contributed by atoms with van der Waals surface area (Å²) in [7, 11) is 0. The molecule has 2 aliphatic rings. The van der Waals surface area contributed by atoms with Crippen molar-refractivity contribution >= 4 is 22.9 Å². The number of hydrogen-bond acceptors (Lipinski definition) is 9. The maximum absolute atomic E-state index is 5.64. The molecule has 0 aromatic carbocycles. The van der Waals surface area contributed by atoms with Gasteiger partial charge in [0.2, 0.25) is 5.95 Å². The van der Waals surface area contributed by atoms with Gasteiger partial charge in [-0.2, -0.15) is 0 Å². The van der Waals surface area contributed by atoms with Crippen LogP contribution in [0, 0.1) is 0 Å². The number of nitrogens with two attached hydrogens (primary N) is 1. The molecule has 28 heavy (non-hydrogen) atoms. The molecule has 0 amide bonds.